The van der Waals surface area contributed by atoms with Crippen LogP contribution < -0.4 is 5.32 Å². The van der Waals surface area contributed by atoms with E-state index in [0.29, 0.717) is 12.6 Å². The second-order valence-corrected chi connectivity index (χ2v) is 3.82. The van der Waals surface area contributed by atoms with Crippen molar-refractivity contribution in [1.29, 1.82) is 0 Å². The van der Waals surface area contributed by atoms with Crippen molar-refractivity contribution >= 4 is 6.09 Å². The van der Waals surface area contributed by atoms with Gasteiger partial charge in [0, 0.05) is 6.04 Å². The van der Waals surface area contributed by atoms with Crippen LogP contribution in [0.5, 0.6) is 0 Å². The van der Waals surface area contributed by atoms with Gasteiger partial charge in [0.2, 0.25) is 0 Å². The van der Waals surface area contributed by atoms with Gasteiger partial charge in [-0.25, -0.2) is 4.79 Å². The Morgan fingerprint density at radius 3 is 2.54 bits per heavy atom. The molecule has 13 heavy (non-hydrogen) atoms. The van der Waals surface area contributed by atoms with Gasteiger partial charge in [-0.1, -0.05) is 6.92 Å². The molecule has 0 aromatic carbocycles. The summed E-state index contributed by atoms with van der Waals surface area (Å²) in [4.78, 5) is 11.1. The quantitative estimate of drug-likeness (QED) is 0.717. The zero-order valence-electron chi connectivity index (χ0n) is 8.51. The van der Waals surface area contributed by atoms with E-state index in [9.17, 15) is 4.79 Å². The van der Waals surface area contributed by atoms with Crippen LogP contribution in [0.1, 0.15) is 39.5 Å². The molecule has 1 rings (SSSR count). The molecule has 1 fully saturated rings. The molecule has 1 aliphatic rings. The van der Waals surface area contributed by atoms with Crippen LogP contribution in [0.25, 0.3) is 0 Å². The third-order valence-corrected chi connectivity index (χ3v) is 2.61. The Hall–Kier alpha value is -0.730. The lowest BCUT2D eigenvalue weighted by Gasteiger charge is -2.26. The lowest BCUT2D eigenvalue weighted by atomic mass is 9.87. The van der Waals surface area contributed by atoms with Gasteiger partial charge in [-0.2, -0.15) is 0 Å². The van der Waals surface area contributed by atoms with E-state index >= 15 is 0 Å². The molecule has 0 heterocycles. The fourth-order valence-corrected chi connectivity index (χ4v) is 1.74. The van der Waals surface area contributed by atoms with Gasteiger partial charge in [-0.15, -0.1) is 0 Å². The van der Waals surface area contributed by atoms with Crippen molar-refractivity contribution in [3.63, 3.8) is 0 Å². The van der Waals surface area contributed by atoms with Crippen molar-refractivity contribution in [3.8, 4) is 0 Å². The van der Waals surface area contributed by atoms with Crippen LogP contribution in [0.4, 0.5) is 4.79 Å². The van der Waals surface area contributed by atoms with Crippen LogP contribution in [-0.2, 0) is 4.74 Å². The average Bonchev–Trinajstić information content (AvgIpc) is 2.09. The Kier molecular flexibility index (Phi) is 4.06. The number of hydrogen-bond donors (Lipinski definition) is 1. The number of amides is 1. The van der Waals surface area contributed by atoms with Gasteiger partial charge in [0.05, 0.1) is 6.61 Å². The van der Waals surface area contributed by atoms with Gasteiger partial charge >= 0.3 is 6.09 Å². The number of carbonyl (C=O) groups excluding carboxylic acids is 1. The summed E-state index contributed by atoms with van der Waals surface area (Å²) in [5, 5.41) is 2.88. The van der Waals surface area contributed by atoms with Gasteiger partial charge in [0.1, 0.15) is 0 Å². The fraction of sp³-hybridized carbons (Fsp3) is 0.900. The summed E-state index contributed by atoms with van der Waals surface area (Å²) < 4.78 is 4.82. The van der Waals surface area contributed by atoms with E-state index in [1.54, 1.807) is 0 Å². The lowest BCUT2D eigenvalue weighted by Crippen LogP contribution is -2.37. The maximum atomic E-state index is 11.1. The van der Waals surface area contributed by atoms with Gasteiger partial charge in [-0.05, 0) is 38.5 Å². The van der Waals surface area contributed by atoms with Crippen LogP contribution >= 0.6 is 0 Å². The summed E-state index contributed by atoms with van der Waals surface area (Å²) in [6.07, 6.45) is 4.37. The number of hydrogen-bond acceptors (Lipinski definition) is 2. The number of ether oxygens (including phenoxy) is 1. The monoisotopic (exact) mass is 185 g/mol. The Balaban J connectivity index is 2.18. The predicted molar refractivity (Wildman–Crippen MR) is 51.6 cm³/mol. The first kappa shape index (κ1) is 10.4. The van der Waals surface area contributed by atoms with E-state index in [1.165, 1.54) is 12.8 Å². The van der Waals surface area contributed by atoms with Crippen LogP contribution in [0.3, 0.4) is 0 Å². The summed E-state index contributed by atoms with van der Waals surface area (Å²) >= 11 is 0. The first-order chi connectivity index (χ1) is 6.22. The molecule has 0 aromatic rings. The third kappa shape index (κ3) is 3.66. The number of rotatable bonds is 2. The number of carbonyl (C=O) groups is 1. The molecule has 3 heteroatoms. The van der Waals surface area contributed by atoms with Crippen molar-refractivity contribution in [3.05, 3.63) is 0 Å². The van der Waals surface area contributed by atoms with Gasteiger partial charge in [0.15, 0.2) is 0 Å². The molecule has 1 saturated carbocycles. The molecule has 0 bridgehead atoms. The summed E-state index contributed by atoms with van der Waals surface area (Å²) in [5.41, 5.74) is 0. The molecule has 1 aliphatic carbocycles. The van der Waals surface area contributed by atoms with Crippen LogP contribution in [0.2, 0.25) is 0 Å². The van der Waals surface area contributed by atoms with Crippen LogP contribution in [0.15, 0.2) is 0 Å². The highest BCUT2D eigenvalue weighted by Crippen LogP contribution is 2.23. The van der Waals surface area contributed by atoms with Crippen molar-refractivity contribution in [2.45, 2.75) is 45.6 Å². The Bertz CT molecular complexity index is 162. The smallest absolute Gasteiger partial charge is 0.407 e. The molecule has 0 aliphatic heterocycles. The standard InChI is InChI=1S/C10H19NO2/c1-3-13-10(12)11-9-6-4-8(2)5-7-9/h8-9H,3-7H2,1-2H3,(H,11,12). The first-order valence-corrected chi connectivity index (χ1v) is 5.15. The van der Waals surface area contributed by atoms with E-state index < -0.39 is 0 Å². The van der Waals surface area contributed by atoms with Crippen molar-refractivity contribution < 1.29 is 9.53 Å². The topological polar surface area (TPSA) is 38.3 Å². The van der Waals surface area contributed by atoms with Gasteiger partial charge in [-0.3, -0.25) is 0 Å². The minimum atomic E-state index is -0.262. The average molecular weight is 185 g/mol. The first-order valence-electron chi connectivity index (χ1n) is 5.15. The van der Waals surface area contributed by atoms with Crippen LogP contribution in [-0.4, -0.2) is 18.7 Å². The summed E-state index contributed by atoms with van der Waals surface area (Å²) in [6.45, 7) is 4.54. The Morgan fingerprint density at radius 1 is 1.38 bits per heavy atom. The number of nitrogens with one attached hydrogen (secondary N) is 1. The Labute approximate surface area is 79.8 Å². The lowest BCUT2D eigenvalue weighted by molar-refractivity contribution is 0.143. The van der Waals surface area contributed by atoms with E-state index in [1.807, 2.05) is 6.92 Å². The summed E-state index contributed by atoms with van der Waals surface area (Å²) in [7, 11) is 0. The molecule has 0 saturated heterocycles. The molecule has 76 valence electrons. The fourth-order valence-electron chi connectivity index (χ4n) is 1.74. The summed E-state index contributed by atoms with van der Waals surface area (Å²) in [5.74, 6) is 0.820. The maximum absolute atomic E-state index is 11.1. The largest absolute Gasteiger partial charge is 0.450 e. The molecule has 0 spiro atoms. The van der Waals surface area contributed by atoms with Crippen molar-refractivity contribution in [2.75, 3.05) is 6.61 Å². The van der Waals surface area contributed by atoms with Crippen LogP contribution in [0, 0.1) is 5.92 Å². The second-order valence-electron chi connectivity index (χ2n) is 3.82. The maximum Gasteiger partial charge on any atom is 0.407 e. The van der Waals surface area contributed by atoms with Gasteiger partial charge in [0.25, 0.3) is 0 Å². The zero-order valence-corrected chi connectivity index (χ0v) is 8.51. The number of alkyl carbamates (subject to hydrolysis) is 1. The van der Waals surface area contributed by atoms with E-state index in [2.05, 4.69) is 12.2 Å². The summed E-state index contributed by atoms with van der Waals surface area (Å²) in [6, 6.07) is 0.343. The highest BCUT2D eigenvalue weighted by Gasteiger charge is 2.19. The minimum absolute atomic E-state index is 0.262. The molecular weight excluding hydrogens is 166 g/mol. The normalized spacial score (nSPS) is 28.2. The molecule has 0 atom stereocenters. The SMILES string of the molecule is CCOC(=O)NC1CCC(C)CC1. The molecular formula is C10H19NO2. The molecule has 1 amide bonds. The minimum Gasteiger partial charge on any atom is -0.450 e. The molecule has 0 aromatic heterocycles. The Morgan fingerprint density at radius 2 is 2.00 bits per heavy atom. The van der Waals surface area contributed by atoms with E-state index in [-0.39, 0.29) is 6.09 Å². The highest BCUT2D eigenvalue weighted by atomic mass is 16.5. The second kappa shape index (κ2) is 5.10. The van der Waals surface area contributed by atoms with Crippen molar-refractivity contribution in [1.82, 2.24) is 5.32 Å². The molecule has 3 nitrogen and oxygen atoms in total. The highest BCUT2D eigenvalue weighted by molar-refractivity contribution is 5.67. The van der Waals surface area contributed by atoms with E-state index in [0.717, 1.165) is 18.8 Å². The van der Waals surface area contributed by atoms with Gasteiger partial charge < -0.3 is 10.1 Å². The molecule has 0 unspecified atom stereocenters. The van der Waals surface area contributed by atoms with Crippen molar-refractivity contribution in [2.24, 2.45) is 5.92 Å². The predicted octanol–water partition coefficient (Wildman–Crippen LogP) is 2.31. The molecule has 0 radical (unpaired) electrons. The third-order valence-electron chi connectivity index (χ3n) is 2.61. The molecule has 1 N–H and O–H groups in total. The zero-order chi connectivity index (χ0) is 9.68. The van der Waals surface area contributed by atoms with E-state index in [4.69, 9.17) is 4.74 Å².